The summed E-state index contributed by atoms with van der Waals surface area (Å²) in [5.74, 6) is 0. The maximum absolute atomic E-state index is 11.7. The van der Waals surface area contributed by atoms with E-state index in [0.29, 0.717) is 6.04 Å². The van der Waals surface area contributed by atoms with Crippen LogP contribution in [-0.4, -0.2) is 17.2 Å². The lowest BCUT2D eigenvalue weighted by Gasteiger charge is -2.22. The van der Waals surface area contributed by atoms with Gasteiger partial charge in [-0.25, -0.2) is 0 Å². The summed E-state index contributed by atoms with van der Waals surface area (Å²) in [6.07, 6.45) is 7.82. The van der Waals surface area contributed by atoms with E-state index in [9.17, 15) is 4.79 Å². The van der Waals surface area contributed by atoms with E-state index in [1.54, 1.807) is 6.07 Å². The monoisotopic (exact) mass is 248 g/mol. The van der Waals surface area contributed by atoms with Crippen molar-refractivity contribution in [3.8, 4) is 0 Å². The summed E-state index contributed by atoms with van der Waals surface area (Å²) in [4.78, 5) is 11.7. The molecule has 1 saturated carbocycles. The van der Waals surface area contributed by atoms with Crippen molar-refractivity contribution in [2.45, 2.75) is 58.0 Å². The lowest BCUT2D eigenvalue weighted by molar-refractivity contribution is 0.368. The van der Waals surface area contributed by atoms with E-state index in [1.807, 2.05) is 23.6 Å². The van der Waals surface area contributed by atoms with Crippen LogP contribution in [0.2, 0.25) is 0 Å². The highest BCUT2D eigenvalue weighted by molar-refractivity contribution is 5.04. The molecule has 1 heterocycles. The lowest BCUT2D eigenvalue weighted by Crippen LogP contribution is -2.32. The number of nitrogens with zero attached hydrogens (tertiary/aromatic N) is 1. The first-order valence-corrected chi connectivity index (χ1v) is 7.17. The SMILES string of the molecule is Cc1cccc(=O)n1CCCNC1CCCCC1. The van der Waals surface area contributed by atoms with Gasteiger partial charge >= 0.3 is 0 Å². The Morgan fingerprint density at radius 1 is 1.28 bits per heavy atom. The topological polar surface area (TPSA) is 34.0 Å². The van der Waals surface area contributed by atoms with E-state index in [1.165, 1.54) is 32.1 Å². The van der Waals surface area contributed by atoms with Crippen molar-refractivity contribution in [2.75, 3.05) is 6.54 Å². The van der Waals surface area contributed by atoms with Gasteiger partial charge in [0.15, 0.2) is 0 Å². The van der Waals surface area contributed by atoms with Crippen LogP contribution < -0.4 is 10.9 Å². The van der Waals surface area contributed by atoms with Gasteiger partial charge in [-0.3, -0.25) is 4.79 Å². The summed E-state index contributed by atoms with van der Waals surface area (Å²) in [7, 11) is 0. The second kappa shape index (κ2) is 6.74. The molecule has 1 aliphatic rings. The van der Waals surface area contributed by atoms with Crippen molar-refractivity contribution in [1.29, 1.82) is 0 Å². The Bertz CT molecular complexity index is 419. The van der Waals surface area contributed by atoms with Crippen LogP contribution in [0.4, 0.5) is 0 Å². The summed E-state index contributed by atoms with van der Waals surface area (Å²) >= 11 is 0. The van der Waals surface area contributed by atoms with Gasteiger partial charge in [0.2, 0.25) is 0 Å². The molecular weight excluding hydrogens is 224 g/mol. The number of nitrogens with one attached hydrogen (secondary N) is 1. The summed E-state index contributed by atoms with van der Waals surface area (Å²) in [5, 5.41) is 3.62. The molecule has 1 N–H and O–H groups in total. The van der Waals surface area contributed by atoms with Crippen LogP contribution in [0.25, 0.3) is 0 Å². The molecule has 0 unspecified atom stereocenters. The quantitative estimate of drug-likeness (QED) is 0.812. The van der Waals surface area contributed by atoms with Gasteiger partial charge in [-0.15, -0.1) is 0 Å². The van der Waals surface area contributed by atoms with Crippen LogP contribution >= 0.6 is 0 Å². The molecule has 2 rings (SSSR count). The summed E-state index contributed by atoms with van der Waals surface area (Å²) in [6, 6.07) is 6.18. The number of hydrogen-bond acceptors (Lipinski definition) is 2. The molecule has 0 aromatic carbocycles. The maximum Gasteiger partial charge on any atom is 0.250 e. The Hall–Kier alpha value is -1.09. The van der Waals surface area contributed by atoms with Crippen molar-refractivity contribution >= 4 is 0 Å². The Balaban J connectivity index is 1.73. The van der Waals surface area contributed by atoms with E-state index in [-0.39, 0.29) is 5.56 Å². The van der Waals surface area contributed by atoms with Crippen LogP contribution in [0.3, 0.4) is 0 Å². The molecule has 0 radical (unpaired) electrons. The molecule has 0 saturated heterocycles. The number of aryl methyl sites for hydroxylation is 1. The van der Waals surface area contributed by atoms with E-state index in [4.69, 9.17) is 0 Å². The molecule has 3 heteroatoms. The van der Waals surface area contributed by atoms with Crippen LogP contribution in [0, 0.1) is 6.92 Å². The third-order valence-electron chi connectivity index (χ3n) is 3.86. The number of rotatable bonds is 5. The average Bonchev–Trinajstić information content (AvgIpc) is 2.38. The minimum absolute atomic E-state index is 0.118. The molecule has 18 heavy (non-hydrogen) atoms. The molecule has 1 fully saturated rings. The molecule has 0 spiro atoms. The first-order chi connectivity index (χ1) is 8.77. The van der Waals surface area contributed by atoms with Crippen molar-refractivity contribution in [1.82, 2.24) is 9.88 Å². The van der Waals surface area contributed by atoms with Gasteiger partial charge < -0.3 is 9.88 Å². The Labute approximate surface area is 109 Å². The zero-order valence-corrected chi connectivity index (χ0v) is 11.3. The molecule has 0 amide bonds. The Kier molecular flexibility index (Phi) is 5.00. The summed E-state index contributed by atoms with van der Waals surface area (Å²) in [5.41, 5.74) is 1.17. The van der Waals surface area contributed by atoms with Gasteiger partial charge in [-0.1, -0.05) is 25.3 Å². The van der Waals surface area contributed by atoms with Crippen molar-refractivity contribution in [2.24, 2.45) is 0 Å². The molecule has 1 aromatic rings. The zero-order chi connectivity index (χ0) is 12.8. The van der Waals surface area contributed by atoms with Crippen LogP contribution in [0.5, 0.6) is 0 Å². The third kappa shape index (κ3) is 3.70. The highest BCUT2D eigenvalue weighted by atomic mass is 16.1. The zero-order valence-electron chi connectivity index (χ0n) is 11.3. The summed E-state index contributed by atoms with van der Waals surface area (Å²) < 4.78 is 1.86. The second-order valence-corrected chi connectivity index (χ2v) is 5.30. The number of aromatic nitrogens is 1. The average molecular weight is 248 g/mol. The fraction of sp³-hybridized carbons (Fsp3) is 0.667. The number of hydrogen-bond donors (Lipinski definition) is 1. The highest BCUT2D eigenvalue weighted by Crippen LogP contribution is 2.17. The van der Waals surface area contributed by atoms with Crippen molar-refractivity contribution in [3.05, 3.63) is 34.2 Å². The highest BCUT2D eigenvalue weighted by Gasteiger charge is 2.11. The predicted molar refractivity (Wildman–Crippen MR) is 74.9 cm³/mol. The van der Waals surface area contributed by atoms with E-state index < -0.39 is 0 Å². The molecule has 0 atom stereocenters. The van der Waals surface area contributed by atoms with Gasteiger partial charge in [0.05, 0.1) is 0 Å². The van der Waals surface area contributed by atoms with E-state index in [0.717, 1.165) is 25.2 Å². The largest absolute Gasteiger partial charge is 0.314 e. The van der Waals surface area contributed by atoms with Crippen LogP contribution in [0.1, 0.15) is 44.2 Å². The van der Waals surface area contributed by atoms with E-state index >= 15 is 0 Å². The molecule has 0 aliphatic heterocycles. The molecule has 0 bridgehead atoms. The van der Waals surface area contributed by atoms with Gasteiger partial charge in [-0.05, 0) is 38.8 Å². The van der Waals surface area contributed by atoms with Gasteiger partial charge in [-0.2, -0.15) is 0 Å². The van der Waals surface area contributed by atoms with Gasteiger partial charge in [0, 0.05) is 24.3 Å². The van der Waals surface area contributed by atoms with E-state index in [2.05, 4.69) is 5.32 Å². The van der Waals surface area contributed by atoms with Crippen LogP contribution in [0.15, 0.2) is 23.0 Å². The molecule has 3 nitrogen and oxygen atoms in total. The summed E-state index contributed by atoms with van der Waals surface area (Å²) in [6.45, 7) is 3.84. The van der Waals surface area contributed by atoms with Gasteiger partial charge in [0.25, 0.3) is 5.56 Å². The predicted octanol–water partition coefficient (Wildman–Crippen LogP) is 2.47. The first kappa shape index (κ1) is 13.3. The van der Waals surface area contributed by atoms with Gasteiger partial charge in [0.1, 0.15) is 0 Å². The standard InChI is InChI=1S/C15H24N2O/c1-13-7-5-10-15(18)17(13)12-6-11-16-14-8-3-2-4-9-14/h5,7,10,14,16H,2-4,6,8-9,11-12H2,1H3. The molecule has 100 valence electrons. The molecule has 1 aliphatic carbocycles. The fourth-order valence-electron chi connectivity index (χ4n) is 2.76. The van der Waals surface area contributed by atoms with Crippen molar-refractivity contribution in [3.63, 3.8) is 0 Å². The molecular formula is C15H24N2O. The molecule has 1 aromatic heterocycles. The third-order valence-corrected chi connectivity index (χ3v) is 3.86. The smallest absolute Gasteiger partial charge is 0.250 e. The fourth-order valence-corrected chi connectivity index (χ4v) is 2.76. The Morgan fingerprint density at radius 3 is 2.78 bits per heavy atom. The number of pyridine rings is 1. The van der Waals surface area contributed by atoms with Crippen LogP contribution in [-0.2, 0) is 6.54 Å². The van der Waals surface area contributed by atoms with Crippen molar-refractivity contribution < 1.29 is 0 Å². The lowest BCUT2D eigenvalue weighted by atomic mass is 9.95. The normalized spacial score (nSPS) is 16.9. The Morgan fingerprint density at radius 2 is 2.06 bits per heavy atom. The maximum atomic E-state index is 11.7. The minimum Gasteiger partial charge on any atom is -0.314 e. The minimum atomic E-state index is 0.118. The first-order valence-electron chi connectivity index (χ1n) is 7.17. The second-order valence-electron chi connectivity index (χ2n) is 5.30.